The Morgan fingerprint density at radius 3 is 1.81 bits per heavy atom. The Morgan fingerprint density at radius 1 is 0.815 bits per heavy atom. The highest BCUT2D eigenvalue weighted by atomic mass is 16.5. The van der Waals surface area contributed by atoms with Gasteiger partial charge in [0.15, 0.2) is 0 Å². The number of carbonyl (C=O) groups is 3. The molecule has 0 spiro atoms. The first kappa shape index (κ1) is 19.9. The van der Waals surface area contributed by atoms with Crippen LogP contribution in [0.25, 0.3) is 0 Å². The van der Waals surface area contributed by atoms with Crippen LogP contribution in [0.1, 0.15) is 27.6 Å². The molecule has 3 N–H and O–H groups in total. The van der Waals surface area contributed by atoms with Crippen molar-refractivity contribution in [3.63, 3.8) is 0 Å². The summed E-state index contributed by atoms with van der Waals surface area (Å²) in [5.41, 5.74) is 5.98. The van der Waals surface area contributed by atoms with E-state index in [-0.39, 0.29) is 5.91 Å². The molecule has 2 rings (SSSR count). The first-order chi connectivity index (χ1) is 13.0. The summed E-state index contributed by atoms with van der Waals surface area (Å²) < 4.78 is 10.3. The minimum Gasteiger partial charge on any atom is -0.491 e. The average Bonchev–Trinajstić information content (AvgIpc) is 2.66. The Balaban J connectivity index is 1.85. The van der Waals surface area contributed by atoms with Crippen molar-refractivity contribution in [2.24, 2.45) is 0 Å². The third kappa shape index (κ3) is 6.44. The first-order valence-electron chi connectivity index (χ1n) is 8.19. The molecule has 0 radical (unpaired) electrons. The van der Waals surface area contributed by atoms with E-state index in [9.17, 15) is 14.4 Å². The summed E-state index contributed by atoms with van der Waals surface area (Å²) in [6.07, 6.45) is 0. The molecule has 0 aromatic heterocycles. The maximum atomic E-state index is 12.1. The van der Waals surface area contributed by atoms with Crippen molar-refractivity contribution in [3.8, 4) is 5.75 Å². The van der Waals surface area contributed by atoms with Gasteiger partial charge in [-0.15, -0.1) is 0 Å². The van der Waals surface area contributed by atoms with Crippen molar-refractivity contribution in [1.82, 2.24) is 10.9 Å². The van der Waals surface area contributed by atoms with Crippen LogP contribution in [0.5, 0.6) is 5.75 Å². The van der Waals surface area contributed by atoms with Crippen LogP contribution < -0.4 is 20.9 Å². The number of hydrogen-bond acceptors (Lipinski definition) is 5. The quantitative estimate of drug-likeness (QED) is 0.508. The second-order valence-electron chi connectivity index (χ2n) is 5.53. The predicted octanol–water partition coefficient (Wildman–Crippen LogP) is 1.74. The Morgan fingerprint density at radius 2 is 1.33 bits per heavy atom. The third-order valence-corrected chi connectivity index (χ3v) is 3.43. The number of hydrazine groups is 1. The van der Waals surface area contributed by atoms with Gasteiger partial charge in [0.2, 0.25) is 5.91 Å². The number of hydrogen-bond donors (Lipinski definition) is 3. The lowest BCUT2D eigenvalue weighted by Gasteiger charge is -2.09. The van der Waals surface area contributed by atoms with Gasteiger partial charge in [-0.3, -0.25) is 25.2 Å². The molecule has 0 fully saturated rings. The van der Waals surface area contributed by atoms with E-state index in [0.29, 0.717) is 35.8 Å². The van der Waals surface area contributed by atoms with Gasteiger partial charge in [-0.25, -0.2) is 0 Å². The molecule has 8 nitrogen and oxygen atoms in total. The van der Waals surface area contributed by atoms with E-state index in [1.54, 1.807) is 55.6 Å². The van der Waals surface area contributed by atoms with Crippen molar-refractivity contribution in [2.45, 2.75) is 6.92 Å². The normalized spacial score (nSPS) is 10.0. The lowest BCUT2D eigenvalue weighted by Crippen LogP contribution is -2.41. The highest BCUT2D eigenvalue weighted by Crippen LogP contribution is 2.12. The van der Waals surface area contributed by atoms with Crippen LogP contribution >= 0.6 is 0 Å². The summed E-state index contributed by atoms with van der Waals surface area (Å²) in [5, 5.41) is 2.61. The minimum absolute atomic E-state index is 0.199. The largest absolute Gasteiger partial charge is 0.491 e. The van der Waals surface area contributed by atoms with Gasteiger partial charge in [0.1, 0.15) is 12.4 Å². The summed E-state index contributed by atoms with van der Waals surface area (Å²) in [6, 6.07) is 12.8. The van der Waals surface area contributed by atoms with Crippen LogP contribution in [-0.4, -0.2) is 38.0 Å². The van der Waals surface area contributed by atoms with Gasteiger partial charge in [0.25, 0.3) is 11.8 Å². The molecule has 0 aliphatic heterocycles. The molecule has 0 unspecified atom stereocenters. The van der Waals surface area contributed by atoms with E-state index >= 15 is 0 Å². The second-order valence-corrected chi connectivity index (χ2v) is 5.53. The van der Waals surface area contributed by atoms with Gasteiger partial charge in [-0.05, 0) is 48.5 Å². The smallest absolute Gasteiger partial charge is 0.269 e. The zero-order valence-electron chi connectivity index (χ0n) is 15.1. The van der Waals surface area contributed by atoms with E-state index < -0.39 is 11.8 Å². The van der Waals surface area contributed by atoms with Crippen molar-refractivity contribution < 1.29 is 23.9 Å². The maximum absolute atomic E-state index is 12.1. The lowest BCUT2D eigenvalue weighted by atomic mass is 10.2. The topological polar surface area (TPSA) is 106 Å². The Kier molecular flexibility index (Phi) is 7.33. The number of rotatable bonds is 7. The van der Waals surface area contributed by atoms with E-state index in [1.807, 2.05) is 0 Å². The summed E-state index contributed by atoms with van der Waals surface area (Å²) in [4.78, 5) is 35.1. The monoisotopic (exact) mass is 371 g/mol. The van der Waals surface area contributed by atoms with E-state index in [2.05, 4.69) is 16.2 Å². The van der Waals surface area contributed by atoms with Crippen LogP contribution in [0.2, 0.25) is 0 Å². The van der Waals surface area contributed by atoms with E-state index in [0.717, 1.165) is 0 Å². The first-order valence-corrected chi connectivity index (χ1v) is 8.19. The zero-order valence-corrected chi connectivity index (χ0v) is 15.1. The fourth-order valence-corrected chi connectivity index (χ4v) is 2.11. The molecule has 0 saturated carbocycles. The van der Waals surface area contributed by atoms with Crippen LogP contribution in [0.3, 0.4) is 0 Å². The second kappa shape index (κ2) is 9.93. The fourth-order valence-electron chi connectivity index (χ4n) is 2.11. The summed E-state index contributed by atoms with van der Waals surface area (Å²) in [6.45, 7) is 2.29. The van der Waals surface area contributed by atoms with Gasteiger partial charge < -0.3 is 14.8 Å². The molecule has 0 aliphatic carbocycles. The Labute approximate surface area is 156 Å². The number of ether oxygens (including phenoxy) is 2. The lowest BCUT2D eigenvalue weighted by molar-refractivity contribution is -0.114. The molecule has 27 heavy (non-hydrogen) atoms. The van der Waals surface area contributed by atoms with Gasteiger partial charge in [-0.2, -0.15) is 0 Å². The van der Waals surface area contributed by atoms with Crippen molar-refractivity contribution in [3.05, 3.63) is 59.7 Å². The van der Waals surface area contributed by atoms with Crippen LogP contribution in [-0.2, 0) is 9.53 Å². The van der Waals surface area contributed by atoms with Crippen molar-refractivity contribution >= 4 is 23.4 Å². The number of methoxy groups -OCH3 is 1. The minimum atomic E-state index is -0.475. The van der Waals surface area contributed by atoms with Crippen LogP contribution in [0, 0.1) is 0 Å². The summed E-state index contributed by atoms with van der Waals surface area (Å²) >= 11 is 0. The van der Waals surface area contributed by atoms with Gasteiger partial charge in [0, 0.05) is 30.8 Å². The van der Waals surface area contributed by atoms with Gasteiger partial charge in [-0.1, -0.05) is 0 Å². The summed E-state index contributed by atoms with van der Waals surface area (Å²) in [7, 11) is 1.59. The highest BCUT2D eigenvalue weighted by Gasteiger charge is 2.09. The molecule has 2 aromatic rings. The Hall–Kier alpha value is -3.39. The number of carbonyl (C=O) groups excluding carboxylic acids is 3. The molecule has 142 valence electrons. The van der Waals surface area contributed by atoms with Crippen LogP contribution in [0.15, 0.2) is 48.5 Å². The molecule has 0 aliphatic rings. The van der Waals surface area contributed by atoms with E-state index in [4.69, 9.17) is 9.47 Å². The SMILES string of the molecule is COCCOc1ccc(C(=O)NNC(=O)c2ccc(NC(C)=O)cc2)cc1. The van der Waals surface area contributed by atoms with Crippen molar-refractivity contribution in [2.75, 3.05) is 25.6 Å². The maximum Gasteiger partial charge on any atom is 0.269 e. The molecule has 3 amide bonds. The fraction of sp³-hybridized carbons (Fsp3) is 0.211. The molecule has 8 heteroatoms. The van der Waals surface area contributed by atoms with E-state index in [1.165, 1.54) is 6.92 Å². The number of amides is 3. The van der Waals surface area contributed by atoms with Gasteiger partial charge in [0.05, 0.1) is 6.61 Å². The molecule has 0 atom stereocenters. The van der Waals surface area contributed by atoms with Gasteiger partial charge >= 0.3 is 0 Å². The number of anilines is 1. The summed E-state index contributed by atoms with van der Waals surface area (Å²) in [5.74, 6) is -0.514. The average molecular weight is 371 g/mol. The molecular formula is C19H21N3O5. The molecular weight excluding hydrogens is 350 g/mol. The Bertz CT molecular complexity index is 788. The highest BCUT2D eigenvalue weighted by molar-refractivity contribution is 5.99. The molecule has 0 saturated heterocycles. The third-order valence-electron chi connectivity index (χ3n) is 3.43. The molecule has 0 bridgehead atoms. The van der Waals surface area contributed by atoms with Crippen molar-refractivity contribution in [1.29, 1.82) is 0 Å². The molecule has 2 aromatic carbocycles. The predicted molar refractivity (Wildman–Crippen MR) is 99.5 cm³/mol. The standard InChI is InChI=1S/C19H21N3O5/c1-13(23)20-16-7-3-14(4-8-16)18(24)21-22-19(25)15-5-9-17(10-6-15)27-12-11-26-2/h3-10H,11-12H2,1-2H3,(H,20,23)(H,21,24)(H,22,25). The molecule has 0 heterocycles. The number of benzene rings is 2. The van der Waals surface area contributed by atoms with Crippen LogP contribution in [0.4, 0.5) is 5.69 Å². The number of nitrogens with one attached hydrogen (secondary N) is 3. The zero-order chi connectivity index (χ0) is 19.6.